The Morgan fingerprint density at radius 1 is 1.28 bits per heavy atom. The summed E-state index contributed by atoms with van der Waals surface area (Å²) in [6, 6.07) is 9.21. The van der Waals surface area contributed by atoms with E-state index in [0.717, 1.165) is 19.0 Å². The minimum absolute atomic E-state index is 0.0342. The maximum absolute atomic E-state index is 11.4. The Bertz CT molecular complexity index is 764. The number of likely N-dealkylation sites (tertiary alicyclic amines) is 1. The molecule has 29 heavy (non-hydrogen) atoms. The second-order valence-electron chi connectivity index (χ2n) is 8.24. The molecule has 1 aromatic carbocycles. The van der Waals surface area contributed by atoms with Gasteiger partial charge in [-0.3, -0.25) is 4.90 Å². The highest BCUT2D eigenvalue weighted by atomic mass is 32.2. The van der Waals surface area contributed by atoms with E-state index in [2.05, 4.69) is 46.7 Å². The molecule has 0 spiro atoms. The molecule has 6 nitrogen and oxygen atoms in total. The molecule has 2 unspecified atom stereocenters. The molecule has 0 aliphatic carbocycles. The lowest BCUT2D eigenvalue weighted by molar-refractivity contribution is 0.152. The van der Waals surface area contributed by atoms with Crippen molar-refractivity contribution in [3.63, 3.8) is 0 Å². The number of guanidine groups is 1. The fourth-order valence-corrected chi connectivity index (χ4v) is 4.44. The first-order chi connectivity index (χ1) is 13.8. The smallest absolute Gasteiger partial charge is 0.191 e. The lowest BCUT2D eigenvalue weighted by atomic mass is 10.0. The molecule has 1 fully saturated rings. The van der Waals surface area contributed by atoms with E-state index >= 15 is 0 Å². The maximum Gasteiger partial charge on any atom is 0.191 e. The summed E-state index contributed by atoms with van der Waals surface area (Å²) in [5, 5.41) is 6.60. The van der Waals surface area contributed by atoms with Crippen molar-refractivity contribution in [1.82, 2.24) is 15.5 Å². The van der Waals surface area contributed by atoms with Crippen molar-refractivity contribution in [3.8, 4) is 0 Å². The monoisotopic (exact) mass is 422 g/mol. The second-order valence-corrected chi connectivity index (χ2v) is 10.5. The molecule has 2 N–H and O–H groups in total. The molecule has 1 aliphatic heterocycles. The van der Waals surface area contributed by atoms with E-state index in [0.29, 0.717) is 19.0 Å². The lowest BCUT2D eigenvalue weighted by Crippen LogP contribution is -2.42. The van der Waals surface area contributed by atoms with Crippen molar-refractivity contribution in [2.45, 2.75) is 71.6 Å². The van der Waals surface area contributed by atoms with E-state index in [1.54, 1.807) is 0 Å². The van der Waals surface area contributed by atoms with Gasteiger partial charge in [0.25, 0.3) is 0 Å². The molecule has 0 saturated carbocycles. The van der Waals surface area contributed by atoms with Gasteiger partial charge in [-0.2, -0.15) is 0 Å². The Labute approximate surface area is 177 Å². The predicted octanol–water partition coefficient (Wildman–Crippen LogP) is 2.94. The third-order valence-corrected chi connectivity index (χ3v) is 6.47. The van der Waals surface area contributed by atoms with Gasteiger partial charge in [0, 0.05) is 31.4 Å². The van der Waals surface area contributed by atoms with Crippen LogP contribution in [0.1, 0.15) is 57.6 Å². The van der Waals surface area contributed by atoms with Gasteiger partial charge in [0.05, 0.1) is 12.3 Å². The number of nitrogens with one attached hydrogen (secondary N) is 2. The van der Waals surface area contributed by atoms with Gasteiger partial charge < -0.3 is 10.6 Å². The van der Waals surface area contributed by atoms with Gasteiger partial charge in [0.1, 0.15) is 9.84 Å². The second kappa shape index (κ2) is 11.6. The first kappa shape index (κ1) is 23.7. The maximum atomic E-state index is 11.4. The van der Waals surface area contributed by atoms with Gasteiger partial charge in [-0.05, 0) is 57.7 Å². The minimum atomic E-state index is -2.95. The number of nitrogens with zero attached hydrogens (tertiary/aromatic N) is 2. The molecule has 2 rings (SSSR count). The molecule has 7 heteroatoms. The van der Waals surface area contributed by atoms with Crippen LogP contribution in [-0.2, 0) is 22.9 Å². The third kappa shape index (κ3) is 8.74. The van der Waals surface area contributed by atoms with Crippen LogP contribution in [-0.4, -0.2) is 56.5 Å². The fourth-order valence-electron chi connectivity index (χ4n) is 3.66. The summed E-state index contributed by atoms with van der Waals surface area (Å²) in [4.78, 5) is 7.34. The number of hydrogen-bond donors (Lipinski definition) is 2. The zero-order valence-corrected chi connectivity index (χ0v) is 19.3. The van der Waals surface area contributed by atoms with Gasteiger partial charge in [-0.25, -0.2) is 13.4 Å². The molecule has 1 aromatic rings. The number of aliphatic imine (C=N–C) groups is 1. The lowest BCUT2D eigenvalue weighted by Gasteiger charge is -2.33. The van der Waals surface area contributed by atoms with Crippen molar-refractivity contribution >= 4 is 15.8 Å². The van der Waals surface area contributed by atoms with Crippen molar-refractivity contribution in [2.75, 3.05) is 25.1 Å². The zero-order chi connectivity index (χ0) is 21.3. The Morgan fingerprint density at radius 3 is 2.66 bits per heavy atom. The molecule has 1 saturated heterocycles. The predicted molar refractivity (Wildman–Crippen MR) is 122 cm³/mol. The molecule has 0 aromatic heterocycles. The Kier molecular flexibility index (Phi) is 9.43. The van der Waals surface area contributed by atoms with Crippen LogP contribution >= 0.6 is 0 Å². The van der Waals surface area contributed by atoms with Crippen LogP contribution in [0.25, 0.3) is 0 Å². The Hall–Kier alpha value is -1.60. The first-order valence-corrected chi connectivity index (χ1v) is 12.9. The summed E-state index contributed by atoms with van der Waals surface area (Å²) in [6.07, 6.45) is 5.73. The van der Waals surface area contributed by atoms with Crippen LogP contribution in [0.3, 0.4) is 0 Å². The number of sulfone groups is 1. The summed E-state index contributed by atoms with van der Waals surface area (Å²) < 4.78 is 22.8. The number of piperidine rings is 1. The average molecular weight is 423 g/mol. The summed E-state index contributed by atoms with van der Waals surface area (Å²) >= 11 is 0. The number of rotatable bonds is 9. The molecule has 0 bridgehead atoms. The third-order valence-electron chi connectivity index (χ3n) is 5.49. The zero-order valence-electron chi connectivity index (χ0n) is 18.4. The van der Waals surface area contributed by atoms with E-state index in [1.165, 1.54) is 43.2 Å². The van der Waals surface area contributed by atoms with Crippen LogP contribution in [0.15, 0.2) is 29.3 Å². The average Bonchev–Trinajstić information content (AvgIpc) is 2.67. The molecule has 2 atom stereocenters. The van der Waals surface area contributed by atoms with Crippen molar-refractivity contribution < 1.29 is 8.42 Å². The molecule has 164 valence electrons. The van der Waals surface area contributed by atoms with Crippen molar-refractivity contribution in [1.29, 1.82) is 0 Å². The SMILES string of the molecule is CCNC(=NCc1ccccc1CN1CCCCC1C)NC(C)CCS(C)(=O)=O. The number of benzene rings is 1. The molecule has 0 radical (unpaired) electrons. The van der Waals surface area contributed by atoms with E-state index < -0.39 is 9.84 Å². The van der Waals surface area contributed by atoms with Gasteiger partial charge in [0.2, 0.25) is 0 Å². The highest BCUT2D eigenvalue weighted by Gasteiger charge is 2.19. The summed E-state index contributed by atoms with van der Waals surface area (Å²) in [5.74, 6) is 0.909. The van der Waals surface area contributed by atoms with Crippen LogP contribution in [0.5, 0.6) is 0 Å². The van der Waals surface area contributed by atoms with Crippen molar-refractivity contribution in [2.24, 2.45) is 4.99 Å². The molecule has 1 aliphatic rings. The number of hydrogen-bond acceptors (Lipinski definition) is 4. The van der Waals surface area contributed by atoms with Gasteiger partial charge in [-0.1, -0.05) is 30.7 Å². The molecular weight excluding hydrogens is 384 g/mol. The molecule has 0 amide bonds. The quantitative estimate of drug-likeness (QED) is 0.473. The molecular formula is C22H38N4O2S. The summed E-state index contributed by atoms with van der Waals surface area (Å²) in [6.45, 7) is 9.85. The van der Waals surface area contributed by atoms with Crippen LogP contribution in [0.4, 0.5) is 0 Å². The van der Waals surface area contributed by atoms with E-state index in [9.17, 15) is 8.42 Å². The van der Waals surface area contributed by atoms with Crippen LogP contribution < -0.4 is 10.6 Å². The van der Waals surface area contributed by atoms with Gasteiger partial charge in [0.15, 0.2) is 5.96 Å². The van der Waals surface area contributed by atoms with Gasteiger partial charge >= 0.3 is 0 Å². The normalized spacial score (nSPS) is 19.7. The van der Waals surface area contributed by atoms with E-state index in [1.807, 2.05) is 13.8 Å². The van der Waals surface area contributed by atoms with Crippen LogP contribution in [0.2, 0.25) is 0 Å². The van der Waals surface area contributed by atoms with Gasteiger partial charge in [-0.15, -0.1) is 0 Å². The topological polar surface area (TPSA) is 73.8 Å². The minimum Gasteiger partial charge on any atom is -0.357 e. The molecule has 1 heterocycles. The van der Waals surface area contributed by atoms with E-state index in [4.69, 9.17) is 4.99 Å². The highest BCUT2D eigenvalue weighted by molar-refractivity contribution is 7.90. The van der Waals surface area contributed by atoms with Crippen molar-refractivity contribution in [3.05, 3.63) is 35.4 Å². The largest absolute Gasteiger partial charge is 0.357 e. The van der Waals surface area contributed by atoms with Crippen LogP contribution in [0, 0.1) is 0 Å². The first-order valence-electron chi connectivity index (χ1n) is 10.8. The summed E-state index contributed by atoms with van der Waals surface area (Å²) in [7, 11) is -2.95. The van der Waals surface area contributed by atoms with E-state index in [-0.39, 0.29) is 11.8 Å². The highest BCUT2D eigenvalue weighted by Crippen LogP contribution is 2.21. The summed E-state index contributed by atoms with van der Waals surface area (Å²) in [5.41, 5.74) is 2.58. The Morgan fingerprint density at radius 2 is 2.00 bits per heavy atom. The standard InChI is InChI=1S/C22H38N4O2S/c1-5-23-22(25-18(2)13-15-29(4,27)28)24-16-20-11-6-7-12-21(20)17-26-14-9-8-10-19(26)3/h6-7,11-12,18-19H,5,8-10,13-17H2,1-4H3,(H2,23,24,25). The Balaban J connectivity index is 2.02. The fraction of sp³-hybridized carbons (Fsp3) is 0.682.